The zero-order valence-electron chi connectivity index (χ0n) is 9.95. The molecule has 0 atom stereocenters. The van der Waals surface area contributed by atoms with Crippen LogP contribution in [0, 0.1) is 5.41 Å². The Morgan fingerprint density at radius 1 is 1.21 bits per heavy atom. The molecule has 0 aliphatic carbocycles. The van der Waals surface area contributed by atoms with E-state index in [9.17, 15) is 0 Å². The highest BCUT2D eigenvalue weighted by atomic mass is 32.1. The van der Waals surface area contributed by atoms with Crippen LogP contribution in [0.2, 0.25) is 0 Å². The van der Waals surface area contributed by atoms with Crippen molar-refractivity contribution in [1.29, 1.82) is 5.41 Å². The minimum absolute atomic E-state index is 0.00562. The van der Waals surface area contributed by atoms with E-state index in [0.29, 0.717) is 11.4 Å². The fourth-order valence-electron chi connectivity index (χ4n) is 1.86. The van der Waals surface area contributed by atoms with E-state index in [2.05, 4.69) is 9.97 Å². The van der Waals surface area contributed by atoms with Crippen molar-refractivity contribution >= 4 is 17.2 Å². The Hall–Kier alpha value is -2.47. The van der Waals surface area contributed by atoms with Gasteiger partial charge in [0.1, 0.15) is 11.7 Å². The van der Waals surface area contributed by atoms with Crippen LogP contribution >= 0.6 is 11.3 Å². The first kappa shape index (κ1) is 11.6. The fourth-order valence-corrected chi connectivity index (χ4v) is 2.58. The van der Waals surface area contributed by atoms with Crippen molar-refractivity contribution < 1.29 is 0 Å². The number of thiophene rings is 1. The topological polar surface area (TPSA) is 80.6 Å². The van der Waals surface area contributed by atoms with Gasteiger partial charge in [0.25, 0.3) is 0 Å². The van der Waals surface area contributed by atoms with E-state index in [1.165, 1.54) is 0 Å². The van der Waals surface area contributed by atoms with Crippen LogP contribution in [0.1, 0.15) is 5.56 Å². The highest BCUT2D eigenvalue weighted by molar-refractivity contribution is 7.13. The number of aromatic nitrogens is 3. The maximum Gasteiger partial charge on any atom is 0.155 e. The van der Waals surface area contributed by atoms with E-state index in [4.69, 9.17) is 11.1 Å². The highest BCUT2D eigenvalue weighted by Gasteiger charge is 2.13. The van der Waals surface area contributed by atoms with E-state index < -0.39 is 0 Å². The van der Waals surface area contributed by atoms with Crippen molar-refractivity contribution in [2.24, 2.45) is 5.73 Å². The van der Waals surface area contributed by atoms with E-state index >= 15 is 0 Å². The van der Waals surface area contributed by atoms with Gasteiger partial charge in [-0.05, 0) is 23.6 Å². The maximum absolute atomic E-state index is 7.63. The molecule has 0 radical (unpaired) electrons. The normalized spacial score (nSPS) is 10.5. The SMILES string of the molecule is N=C(N)c1cccnc1-n1ccnc1-c1cccs1. The molecule has 6 heteroatoms. The largest absolute Gasteiger partial charge is 0.384 e. The van der Waals surface area contributed by atoms with Crippen LogP contribution in [0.15, 0.2) is 48.2 Å². The van der Waals surface area contributed by atoms with Crippen molar-refractivity contribution in [3.8, 4) is 16.5 Å². The van der Waals surface area contributed by atoms with Crippen molar-refractivity contribution in [2.75, 3.05) is 0 Å². The Morgan fingerprint density at radius 3 is 2.84 bits per heavy atom. The molecule has 0 fully saturated rings. The molecule has 0 saturated carbocycles. The molecule has 3 heterocycles. The maximum atomic E-state index is 7.63. The minimum atomic E-state index is -0.00562. The van der Waals surface area contributed by atoms with Gasteiger partial charge in [-0.15, -0.1) is 11.3 Å². The molecule has 3 aromatic heterocycles. The van der Waals surface area contributed by atoms with Gasteiger partial charge in [-0.3, -0.25) is 9.98 Å². The zero-order valence-corrected chi connectivity index (χ0v) is 10.8. The summed E-state index contributed by atoms with van der Waals surface area (Å²) in [5, 5.41) is 9.63. The number of nitrogens with two attached hydrogens (primary N) is 1. The molecule has 3 aromatic rings. The van der Waals surface area contributed by atoms with E-state index in [0.717, 1.165) is 10.7 Å². The first-order valence-corrected chi connectivity index (χ1v) is 6.52. The van der Waals surface area contributed by atoms with Crippen LogP contribution in [0.25, 0.3) is 16.5 Å². The summed E-state index contributed by atoms with van der Waals surface area (Å²) in [4.78, 5) is 9.72. The van der Waals surface area contributed by atoms with Crippen molar-refractivity contribution in [3.05, 3.63) is 53.8 Å². The summed E-state index contributed by atoms with van der Waals surface area (Å²) in [5.74, 6) is 1.42. The molecule has 0 aromatic carbocycles. The Morgan fingerprint density at radius 2 is 2.11 bits per heavy atom. The van der Waals surface area contributed by atoms with Crippen LogP contribution < -0.4 is 5.73 Å². The van der Waals surface area contributed by atoms with Crippen molar-refractivity contribution in [2.45, 2.75) is 0 Å². The Bertz CT molecular complexity index is 714. The molecular weight excluding hydrogens is 258 g/mol. The molecule has 3 N–H and O–H groups in total. The van der Waals surface area contributed by atoms with Gasteiger partial charge in [-0.1, -0.05) is 6.07 Å². The number of nitrogen functional groups attached to an aromatic ring is 1. The molecule has 5 nitrogen and oxygen atoms in total. The van der Waals surface area contributed by atoms with Gasteiger partial charge in [-0.2, -0.15) is 0 Å². The van der Waals surface area contributed by atoms with Crippen LogP contribution in [-0.2, 0) is 0 Å². The average molecular weight is 269 g/mol. The third kappa shape index (κ3) is 2.02. The summed E-state index contributed by atoms with van der Waals surface area (Å²) in [7, 11) is 0. The lowest BCUT2D eigenvalue weighted by atomic mass is 10.2. The molecule has 19 heavy (non-hydrogen) atoms. The molecule has 0 spiro atoms. The average Bonchev–Trinajstić information content (AvgIpc) is 3.09. The number of rotatable bonds is 3. The first-order chi connectivity index (χ1) is 9.27. The van der Waals surface area contributed by atoms with Gasteiger partial charge in [0.15, 0.2) is 5.82 Å². The summed E-state index contributed by atoms with van der Waals surface area (Å²) in [5.41, 5.74) is 6.20. The second kappa shape index (κ2) is 4.66. The molecule has 94 valence electrons. The van der Waals surface area contributed by atoms with E-state index in [1.807, 2.05) is 28.3 Å². The summed E-state index contributed by atoms with van der Waals surface area (Å²) in [6.45, 7) is 0. The molecule has 3 rings (SSSR count). The Balaban J connectivity index is 2.19. The van der Waals surface area contributed by atoms with Gasteiger partial charge >= 0.3 is 0 Å². The van der Waals surface area contributed by atoms with Crippen LogP contribution in [0.3, 0.4) is 0 Å². The zero-order chi connectivity index (χ0) is 13.2. The number of hydrogen-bond donors (Lipinski definition) is 2. The lowest BCUT2D eigenvalue weighted by Crippen LogP contribution is -2.15. The smallest absolute Gasteiger partial charge is 0.155 e. The minimum Gasteiger partial charge on any atom is -0.384 e. The molecule has 0 saturated heterocycles. The lowest BCUT2D eigenvalue weighted by Gasteiger charge is -2.09. The van der Waals surface area contributed by atoms with Gasteiger partial charge in [0, 0.05) is 18.6 Å². The summed E-state index contributed by atoms with van der Waals surface area (Å²) >= 11 is 1.61. The van der Waals surface area contributed by atoms with Crippen molar-refractivity contribution in [3.63, 3.8) is 0 Å². The number of pyridine rings is 1. The van der Waals surface area contributed by atoms with E-state index in [1.54, 1.807) is 35.9 Å². The molecular formula is C13H11N5S. The highest BCUT2D eigenvalue weighted by Crippen LogP contribution is 2.25. The van der Waals surface area contributed by atoms with E-state index in [-0.39, 0.29) is 5.84 Å². The second-order valence-electron chi connectivity index (χ2n) is 3.89. The molecule has 0 aliphatic heterocycles. The predicted molar refractivity (Wildman–Crippen MR) is 75.7 cm³/mol. The number of amidine groups is 1. The molecule has 0 unspecified atom stereocenters. The predicted octanol–water partition coefficient (Wildman–Crippen LogP) is 2.28. The number of nitrogens with zero attached hydrogens (tertiary/aromatic N) is 3. The fraction of sp³-hybridized carbons (Fsp3) is 0. The van der Waals surface area contributed by atoms with Gasteiger partial charge in [-0.25, -0.2) is 9.97 Å². The van der Waals surface area contributed by atoms with Crippen LogP contribution in [0.4, 0.5) is 0 Å². The summed E-state index contributed by atoms with van der Waals surface area (Å²) in [6.07, 6.45) is 5.22. The first-order valence-electron chi connectivity index (χ1n) is 5.64. The number of imidazole rings is 1. The van der Waals surface area contributed by atoms with Crippen LogP contribution in [-0.4, -0.2) is 20.4 Å². The molecule has 0 bridgehead atoms. The van der Waals surface area contributed by atoms with Gasteiger partial charge in [0.05, 0.1) is 10.4 Å². The molecule has 0 amide bonds. The summed E-state index contributed by atoms with van der Waals surface area (Å²) < 4.78 is 1.85. The second-order valence-corrected chi connectivity index (χ2v) is 4.83. The summed E-state index contributed by atoms with van der Waals surface area (Å²) in [6, 6.07) is 7.52. The lowest BCUT2D eigenvalue weighted by molar-refractivity contribution is 0.999. The standard InChI is InChI=1S/C13H11N5S/c14-11(15)9-3-1-5-16-12(9)18-7-6-17-13(18)10-4-2-8-19-10/h1-8H,(H3,14,15). The quantitative estimate of drug-likeness (QED) is 0.565. The number of nitrogens with one attached hydrogen (secondary N) is 1. The number of hydrogen-bond acceptors (Lipinski definition) is 4. The van der Waals surface area contributed by atoms with Crippen molar-refractivity contribution in [1.82, 2.24) is 14.5 Å². The third-order valence-corrected chi connectivity index (χ3v) is 3.55. The molecule has 0 aliphatic rings. The third-order valence-electron chi connectivity index (χ3n) is 2.69. The van der Waals surface area contributed by atoms with Gasteiger partial charge < -0.3 is 5.73 Å². The monoisotopic (exact) mass is 269 g/mol. The van der Waals surface area contributed by atoms with Crippen LogP contribution in [0.5, 0.6) is 0 Å². The Kier molecular flexibility index (Phi) is 2.85. The van der Waals surface area contributed by atoms with Gasteiger partial charge in [0.2, 0.25) is 0 Å². The Labute approximate surface area is 113 Å².